The van der Waals surface area contributed by atoms with Gasteiger partial charge in [0, 0.05) is 25.2 Å². The van der Waals surface area contributed by atoms with Crippen LogP contribution in [0.4, 0.5) is 10.5 Å². The van der Waals surface area contributed by atoms with Gasteiger partial charge in [-0.2, -0.15) is 0 Å². The molecule has 2 rings (SSSR count). The third-order valence-corrected chi connectivity index (χ3v) is 3.61. The number of amides is 3. The van der Waals surface area contributed by atoms with Crippen LogP contribution in [0.15, 0.2) is 24.3 Å². The number of hydrogen-bond donors (Lipinski definition) is 3. The summed E-state index contributed by atoms with van der Waals surface area (Å²) in [5.74, 6) is 0.694. The summed E-state index contributed by atoms with van der Waals surface area (Å²) in [7, 11) is 1.59. The minimum atomic E-state index is -0.336. The lowest BCUT2D eigenvalue weighted by Gasteiger charge is -2.17. The summed E-state index contributed by atoms with van der Waals surface area (Å²) in [4.78, 5) is 25.6. The number of benzene rings is 1. The van der Waals surface area contributed by atoms with Gasteiger partial charge in [0.1, 0.15) is 5.75 Å². The van der Waals surface area contributed by atoms with E-state index in [0.29, 0.717) is 19.7 Å². The van der Waals surface area contributed by atoms with Crippen LogP contribution >= 0.6 is 0 Å². The Bertz CT molecular complexity index is 549. The first-order chi connectivity index (χ1) is 11.6. The Labute approximate surface area is 140 Å². The van der Waals surface area contributed by atoms with Crippen LogP contribution in [0, 0.1) is 0 Å². The number of ether oxygens (including phenoxy) is 2. The predicted octanol–water partition coefficient (Wildman–Crippen LogP) is 0.109. The minimum absolute atomic E-state index is 0.0308. The Morgan fingerprint density at radius 1 is 1.33 bits per heavy atom. The number of anilines is 1. The molecular weight excluding hydrogens is 314 g/mol. The molecule has 1 aromatic rings. The number of methoxy groups -OCH3 is 1. The zero-order chi connectivity index (χ0) is 17.4. The molecule has 8 heteroatoms. The maximum absolute atomic E-state index is 12.1. The Morgan fingerprint density at radius 3 is 2.75 bits per heavy atom. The fourth-order valence-electron chi connectivity index (χ4n) is 2.46. The van der Waals surface area contributed by atoms with Crippen molar-refractivity contribution in [1.29, 1.82) is 0 Å². The van der Waals surface area contributed by atoms with Crippen LogP contribution in [0.2, 0.25) is 0 Å². The molecule has 3 N–H and O–H groups in total. The zero-order valence-electron chi connectivity index (χ0n) is 13.7. The number of rotatable bonds is 8. The smallest absolute Gasteiger partial charge is 0.315 e. The van der Waals surface area contributed by atoms with Gasteiger partial charge in [0.05, 0.1) is 33.0 Å². The van der Waals surface area contributed by atoms with Gasteiger partial charge < -0.3 is 30.1 Å². The highest BCUT2D eigenvalue weighted by Gasteiger charge is 2.31. The van der Waals surface area contributed by atoms with Crippen molar-refractivity contribution in [2.24, 2.45) is 0 Å². The van der Waals surface area contributed by atoms with Crippen LogP contribution in [0.3, 0.4) is 0 Å². The first-order valence-electron chi connectivity index (χ1n) is 7.81. The molecule has 0 aromatic heterocycles. The first kappa shape index (κ1) is 18.0. The molecule has 1 aromatic carbocycles. The summed E-state index contributed by atoms with van der Waals surface area (Å²) < 4.78 is 10.2. The summed E-state index contributed by atoms with van der Waals surface area (Å²) in [6.45, 7) is 1.30. The number of nitrogens with zero attached hydrogens (tertiary/aromatic N) is 1. The van der Waals surface area contributed by atoms with Crippen molar-refractivity contribution < 1.29 is 24.2 Å². The molecule has 1 aliphatic rings. The summed E-state index contributed by atoms with van der Waals surface area (Å²) >= 11 is 0. The standard InChI is InChI=1S/C16H23N3O5/c1-23-14-4-2-13(3-5-14)19-11-12(10-15(19)21)18-16(22)17-6-8-24-9-7-20/h2-5,12,20H,6-11H2,1H3,(H2,17,18,22)/t12-/m1/s1. The fourth-order valence-corrected chi connectivity index (χ4v) is 2.46. The molecule has 0 unspecified atom stereocenters. The van der Waals surface area contributed by atoms with Crippen molar-refractivity contribution in [1.82, 2.24) is 10.6 Å². The van der Waals surface area contributed by atoms with Crippen LogP contribution < -0.4 is 20.3 Å². The molecular formula is C16H23N3O5. The molecule has 0 radical (unpaired) electrons. The number of nitrogens with one attached hydrogen (secondary N) is 2. The van der Waals surface area contributed by atoms with E-state index in [9.17, 15) is 9.59 Å². The quantitative estimate of drug-likeness (QED) is 0.585. The second-order valence-corrected chi connectivity index (χ2v) is 5.34. The van der Waals surface area contributed by atoms with E-state index >= 15 is 0 Å². The first-order valence-corrected chi connectivity index (χ1v) is 7.81. The zero-order valence-corrected chi connectivity index (χ0v) is 13.7. The molecule has 1 heterocycles. The topological polar surface area (TPSA) is 100 Å². The highest BCUT2D eigenvalue weighted by molar-refractivity contribution is 5.96. The van der Waals surface area contributed by atoms with Gasteiger partial charge in [-0.3, -0.25) is 4.79 Å². The fraction of sp³-hybridized carbons (Fsp3) is 0.500. The molecule has 1 fully saturated rings. The second kappa shape index (κ2) is 9.09. The van der Waals surface area contributed by atoms with E-state index in [1.54, 1.807) is 24.1 Å². The van der Waals surface area contributed by atoms with Gasteiger partial charge in [-0.15, -0.1) is 0 Å². The summed E-state index contributed by atoms with van der Waals surface area (Å²) in [6, 6.07) is 6.65. The summed E-state index contributed by atoms with van der Waals surface area (Å²) in [5.41, 5.74) is 0.780. The Hall–Kier alpha value is -2.32. The largest absolute Gasteiger partial charge is 0.497 e. The van der Waals surface area contributed by atoms with E-state index in [2.05, 4.69) is 10.6 Å². The molecule has 0 saturated carbocycles. The molecule has 0 spiro atoms. The van der Waals surface area contributed by atoms with Crippen molar-refractivity contribution in [2.45, 2.75) is 12.5 Å². The predicted molar refractivity (Wildman–Crippen MR) is 88.2 cm³/mol. The molecule has 3 amide bonds. The second-order valence-electron chi connectivity index (χ2n) is 5.34. The number of carbonyl (C=O) groups excluding carboxylic acids is 2. The minimum Gasteiger partial charge on any atom is -0.497 e. The van der Waals surface area contributed by atoms with E-state index in [1.807, 2.05) is 12.1 Å². The molecule has 1 atom stereocenters. The Morgan fingerprint density at radius 2 is 2.08 bits per heavy atom. The van der Waals surface area contributed by atoms with Gasteiger partial charge in [-0.1, -0.05) is 0 Å². The third-order valence-electron chi connectivity index (χ3n) is 3.61. The van der Waals surface area contributed by atoms with Crippen LogP contribution in [0.1, 0.15) is 6.42 Å². The maximum Gasteiger partial charge on any atom is 0.315 e. The molecule has 0 aliphatic carbocycles. The van der Waals surface area contributed by atoms with Crippen LogP contribution in [0.5, 0.6) is 5.75 Å². The van der Waals surface area contributed by atoms with Gasteiger partial charge in [0.2, 0.25) is 5.91 Å². The van der Waals surface area contributed by atoms with Gasteiger partial charge in [0.25, 0.3) is 0 Å². The monoisotopic (exact) mass is 337 g/mol. The lowest BCUT2D eigenvalue weighted by molar-refractivity contribution is -0.117. The lowest BCUT2D eigenvalue weighted by atomic mass is 10.2. The van der Waals surface area contributed by atoms with E-state index < -0.39 is 0 Å². The molecule has 132 valence electrons. The SMILES string of the molecule is COc1ccc(N2C[C@H](NC(=O)NCCOCCO)CC2=O)cc1. The number of aliphatic hydroxyl groups excluding tert-OH is 1. The van der Waals surface area contributed by atoms with E-state index in [1.165, 1.54) is 0 Å². The number of aliphatic hydroxyl groups is 1. The van der Waals surface area contributed by atoms with Crippen molar-refractivity contribution in [3.05, 3.63) is 24.3 Å². The Balaban J connectivity index is 1.78. The maximum atomic E-state index is 12.1. The van der Waals surface area contributed by atoms with Crippen molar-refractivity contribution in [3.8, 4) is 5.75 Å². The van der Waals surface area contributed by atoms with Gasteiger partial charge >= 0.3 is 6.03 Å². The number of hydrogen-bond acceptors (Lipinski definition) is 5. The summed E-state index contributed by atoms with van der Waals surface area (Å²) in [6.07, 6.45) is 0.264. The van der Waals surface area contributed by atoms with Gasteiger partial charge in [-0.25, -0.2) is 4.79 Å². The van der Waals surface area contributed by atoms with E-state index in [0.717, 1.165) is 11.4 Å². The molecule has 1 aliphatic heterocycles. The molecule has 24 heavy (non-hydrogen) atoms. The third kappa shape index (κ3) is 5.10. The Kier molecular flexibility index (Phi) is 6.83. The molecule has 8 nitrogen and oxygen atoms in total. The normalized spacial score (nSPS) is 17.0. The summed E-state index contributed by atoms with van der Waals surface area (Å²) in [5, 5.41) is 14.0. The lowest BCUT2D eigenvalue weighted by Crippen LogP contribution is -2.44. The van der Waals surface area contributed by atoms with Crippen LogP contribution in [0.25, 0.3) is 0 Å². The van der Waals surface area contributed by atoms with Crippen LogP contribution in [-0.2, 0) is 9.53 Å². The number of urea groups is 1. The van der Waals surface area contributed by atoms with Crippen molar-refractivity contribution in [2.75, 3.05) is 44.9 Å². The highest BCUT2D eigenvalue weighted by atomic mass is 16.5. The van der Waals surface area contributed by atoms with E-state index in [4.69, 9.17) is 14.6 Å². The average Bonchev–Trinajstić information content (AvgIpc) is 2.95. The average molecular weight is 337 g/mol. The van der Waals surface area contributed by atoms with Crippen molar-refractivity contribution >= 4 is 17.6 Å². The molecule has 0 bridgehead atoms. The molecule has 1 saturated heterocycles. The van der Waals surface area contributed by atoms with Gasteiger partial charge in [-0.05, 0) is 24.3 Å². The van der Waals surface area contributed by atoms with E-state index in [-0.39, 0.29) is 37.6 Å². The van der Waals surface area contributed by atoms with Crippen molar-refractivity contribution in [3.63, 3.8) is 0 Å². The van der Waals surface area contributed by atoms with Gasteiger partial charge in [0.15, 0.2) is 0 Å². The highest BCUT2D eigenvalue weighted by Crippen LogP contribution is 2.24. The number of carbonyl (C=O) groups is 2. The van der Waals surface area contributed by atoms with Crippen LogP contribution in [-0.4, -0.2) is 63.1 Å².